The molecule has 0 radical (unpaired) electrons. The van der Waals surface area contributed by atoms with Gasteiger partial charge in [0.05, 0.1) is 0 Å². The molecule has 27 heavy (non-hydrogen) atoms. The Bertz CT molecular complexity index is 760. The van der Waals surface area contributed by atoms with E-state index in [-0.39, 0.29) is 23.3 Å². The molecule has 3 atom stereocenters. The van der Waals surface area contributed by atoms with Gasteiger partial charge in [0, 0.05) is 37.2 Å². The summed E-state index contributed by atoms with van der Waals surface area (Å²) in [4.78, 5) is 2.34. The van der Waals surface area contributed by atoms with Crippen LogP contribution in [0.2, 0.25) is 0 Å². The average molecular weight is 375 g/mol. The standard InChI is InChI=1S/C21H24F3N3/c22-16-8-6-14(7-9-16)12-27-10-2-3-15(13-27)21-17(11-25-26-21)20-18(23)4-1-5-19(20)24/h1,4-9,15,17,21,25-26H,2-3,10-13H2. The molecule has 0 saturated carbocycles. The molecule has 2 aromatic carbocycles. The molecule has 2 aliphatic rings. The van der Waals surface area contributed by atoms with Gasteiger partial charge in [-0.15, -0.1) is 0 Å². The summed E-state index contributed by atoms with van der Waals surface area (Å²) in [5.74, 6) is -1.13. The number of nitrogens with zero attached hydrogens (tertiary/aromatic N) is 1. The van der Waals surface area contributed by atoms with Crippen molar-refractivity contribution in [3.63, 3.8) is 0 Å². The van der Waals surface area contributed by atoms with E-state index in [4.69, 9.17) is 0 Å². The van der Waals surface area contributed by atoms with Crippen molar-refractivity contribution in [3.05, 3.63) is 71.0 Å². The van der Waals surface area contributed by atoms with Crippen molar-refractivity contribution < 1.29 is 13.2 Å². The number of benzene rings is 2. The molecule has 0 bridgehead atoms. The number of halogens is 3. The zero-order chi connectivity index (χ0) is 18.8. The largest absolute Gasteiger partial charge is 0.299 e. The van der Waals surface area contributed by atoms with Gasteiger partial charge >= 0.3 is 0 Å². The highest BCUT2D eigenvalue weighted by atomic mass is 19.1. The predicted octanol–water partition coefficient (Wildman–Crippen LogP) is 3.58. The molecule has 2 heterocycles. The maximum Gasteiger partial charge on any atom is 0.129 e. The van der Waals surface area contributed by atoms with E-state index in [0.29, 0.717) is 12.5 Å². The topological polar surface area (TPSA) is 27.3 Å². The Labute approximate surface area is 157 Å². The van der Waals surface area contributed by atoms with Gasteiger partial charge in [0.2, 0.25) is 0 Å². The van der Waals surface area contributed by atoms with Crippen LogP contribution < -0.4 is 10.9 Å². The van der Waals surface area contributed by atoms with Crippen LogP contribution in [0.4, 0.5) is 13.2 Å². The highest BCUT2D eigenvalue weighted by molar-refractivity contribution is 5.27. The minimum absolute atomic E-state index is 0.0209. The zero-order valence-electron chi connectivity index (χ0n) is 15.1. The molecule has 0 aliphatic carbocycles. The summed E-state index contributed by atoms with van der Waals surface area (Å²) in [6, 6.07) is 10.6. The molecule has 2 fully saturated rings. The van der Waals surface area contributed by atoms with Gasteiger partial charge in [0.1, 0.15) is 17.5 Å². The molecule has 0 spiro atoms. The summed E-state index contributed by atoms with van der Waals surface area (Å²) in [5.41, 5.74) is 7.61. The van der Waals surface area contributed by atoms with Gasteiger partial charge in [0.25, 0.3) is 0 Å². The van der Waals surface area contributed by atoms with Crippen LogP contribution in [0.1, 0.15) is 29.9 Å². The smallest absolute Gasteiger partial charge is 0.129 e. The Hall–Kier alpha value is -1.89. The molecule has 4 rings (SSSR count). The minimum atomic E-state index is -0.477. The van der Waals surface area contributed by atoms with Gasteiger partial charge in [-0.05, 0) is 55.1 Å². The molecule has 3 nitrogen and oxygen atoms in total. The lowest BCUT2D eigenvalue weighted by molar-refractivity contribution is 0.139. The van der Waals surface area contributed by atoms with Gasteiger partial charge < -0.3 is 0 Å². The summed E-state index contributed by atoms with van der Waals surface area (Å²) < 4.78 is 41.7. The van der Waals surface area contributed by atoms with Crippen molar-refractivity contribution in [3.8, 4) is 0 Å². The number of hydrazine groups is 1. The number of hydrogen-bond acceptors (Lipinski definition) is 3. The van der Waals surface area contributed by atoms with Crippen molar-refractivity contribution in [2.24, 2.45) is 5.92 Å². The molecule has 2 N–H and O–H groups in total. The van der Waals surface area contributed by atoms with Crippen LogP contribution in [-0.2, 0) is 6.54 Å². The third-order valence-corrected chi connectivity index (χ3v) is 5.76. The van der Waals surface area contributed by atoms with E-state index in [2.05, 4.69) is 15.8 Å². The highest BCUT2D eigenvalue weighted by Gasteiger charge is 2.38. The van der Waals surface area contributed by atoms with Crippen molar-refractivity contribution in [1.82, 2.24) is 15.8 Å². The fourth-order valence-corrected chi connectivity index (χ4v) is 4.48. The molecule has 2 aliphatic heterocycles. The van der Waals surface area contributed by atoms with E-state index >= 15 is 0 Å². The maximum absolute atomic E-state index is 14.3. The lowest BCUT2D eigenvalue weighted by Crippen LogP contribution is -2.46. The first-order chi connectivity index (χ1) is 13.1. The Balaban J connectivity index is 1.48. The predicted molar refractivity (Wildman–Crippen MR) is 98.4 cm³/mol. The molecule has 6 heteroatoms. The average Bonchev–Trinajstić information content (AvgIpc) is 3.13. The Morgan fingerprint density at radius 2 is 1.74 bits per heavy atom. The fraction of sp³-hybridized carbons (Fsp3) is 0.429. The minimum Gasteiger partial charge on any atom is -0.299 e. The highest BCUT2D eigenvalue weighted by Crippen LogP contribution is 2.34. The zero-order valence-corrected chi connectivity index (χ0v) is 15.1. The van der Waals surface area contributed by atoms with E-state index in [1.54, 1.807) is 0 Å². The summed E-state index contributed by atoms with van der Waals surface area (Å²) in [6.45, 7) is 3.10. The first-order valence-corrected chi connectivity index (χ1v) is 9.51. The van der Waals surface area contributed by atoms with Crippen LogP contribution in [-0.4, -0.2) is 30.6 Å². The van der Waals surface area contributed by atoms with Gasteiger partial charge in [-0.2, -0.15) is 0 Å². The molecule has 3 unspecified atom stereocenters. The molecule has 0 aromatic heterocycles. The van der Waals surface area contributed by atoms with E-state index in [9.17, 15) is 13.2 Å². The third-order valence-electron chi connectivity index (χ3n) is 5.76. The van der Waals surface area contributed by atoms with E-state index < -0.39 is 11.6 Å². The van der Waals surface area contributed by atoms with Gasteiger partial charge in [-0.3, -0.25) is 15.8 Å². The Morgan fingerprint density at radius 3 is 2.48 bits per heavy atom. The van der Waals surface area contributed by atoms with Crippen LogP contribution >= 0.6 is 0 Å². The second kappa shape index (κ2) is 8.00. The number of likely N-dealkylation sites (tertiary alicyclic amines) is 1. The van der Waals surface area contributed by atoms with Crippen LogP contribution in [0, 0.1) is 23.4 Å². The van der Waals surface area contributed by atoms with Crippen molar-refractivity contribution in [1.29, 1.82) is 0 Å². The first-order valence-electron chi connectivity index (χ1n) is 9.51. The van der Waals surface area contributed by atoms with Crippen molar-refractivity contribution in [2.45, 2.75) is 31.3 Å². The van der Waals surface area contributed by atoms with Gasteiger partial charge in [-0.25, -0.2) is 13.2 Å². The number of rotatable bonds is 4. The number of hydrogen-bond donors (Lipinski definition) is 2. The lowest BCUT2D eigenvalue weighted by atomic mass is 9.80. The summed E-state index contributed by atoms with van der Waals surface area (Å²) in [6.07, 6.45) is 2.06. The monoisotopic (exact) mass is 375 g/mol. The van der Waals surface area contributed by atoms with Crippen LogP contribution in [0.15, 0.2) is 42.5 Å². The first kappa shape index (κ1) is 18.5. The Kier molecular flexibility index (Phi) is 5.48. The molecular weight excluding hydrogens is 351 g/mol. The third kappa shape index (κ3) is 4.03. The second-order valence-electron chi connectivity index (χ2n) is 7.56. The second-order valence-corrected chi connectivity index (χ2v) is 7.56. The number of nitrogens with one attached hydrogen (secondary N) is 2. The van der Waals surface area contributed by atoms with Crippen LogP contribution in [0.5, 0.6) is 0 Å². The quantitative estimate of drug-likeness (QED) is 0.856. The lowest BCUT2D eigenvalue weighted by Gasteiger charge is -2.37. The van der Waals surface area contributed by atoms with Crippen LogP contribution in [0.3, 0.4) is 0 Å². The SMILES string of the molecule is Fc1ccc(CN2CCCC(C3NNCC3c3c(F)cccc3F)C2)cc1. The van der Waals surface area contributed by atoms with E-state index in [1.165, 1.54) is 30.3 Å². The summed E-state index contributed by atoms with van der Waals surface area (Å²) >= 11 is 0. The maximum atomic E-state index is 14.3. The van der Waals surface area contributed by atoms with Crippen LogP contribution in [0.25, 0.3) is 0 Å². The van der Waals surface area contributed by atoms with Gasteiger partial charge in [-0.1, -0.05) is 18.2 Å². The summed E-state index contributed by atoms with van der Waals surface area (Å²) in [7, 11) is 0. The van der Waals surface area contributed by atoms with E-state index in [0.717, 1.165) is 38.0 Å². The van der Waals surface area contributed by atoms with Crippen molar-refractivity contribution >= 4 is 0 Å². The molecule has 2 saturated heterocycles. The van der Waals surface area contributed by atoms with Crippen molar-refractivity contribution in [2.75, 3.05) is 19.6 Å². The number of piperidine rings is 1. The molecular formula is C21H24F3N3. The molecule has 0 amide bonds. The summed E-state index contributed by atoms with van der Waals surface area (Å²) in [5, 5.41) is 0. The molecule has 2 aromatic rings. The van der Waals surface area contributed by atoms with Gasteiger partial charge in [0.15, 0.2) is 0 Å². The normalized spacial score (nSPS) is 26.4. The fourth-order valence-electron chi connectivity index (χ4n) is 4.48. The Morgan fingerprint density at radius 1 is 1.00 bits per heavy atom. The molecule has 144 valence electrons. The van der Waals surface area contributed by atoms with E-state index in [1.807, 2.05) is 12.1 Å².